The summed E-state index contributed by atoms with van der Waals surface area (Å²) in [4.78, 5) is 12.1. The van der Waals surface area contributed by atoms with Gasteiger partial charge in [-0.2, -0.15) is 0 Å². The molecule has 134 valence electrons. The van der Waals surface area contributed by atoms with Crippen molar-refractivity contribution in [2.45, 2.75) is 31.6 Å². The molecule has 0 unspecified atom stereocenters. The second-order valence-corrected chi connectivity index (χ2v) is 7.99. The van der Waals surface area contributed by atoms with Crippen LogP contribution >= 0.6 is 0 Å². The minimum absolute atomic E-state index is 0.174. The lowest BCUT2D eigenvalue weighted by Gasteiger charge is -2.12. The van der Waals surface area contributed by atoms with Crippen LogP contribution < -0.4 is 10.0 Å². The second kappa shape index (κ2) is 8.16. The van der Waals surface area contributed by atoms with Gasteiger partial charge in [-0.05, 0) is 48.6 Å². The molecule has 0 aliphatic heterocycles. The lowest BCUT2D eigenvalue weighted by atomic mass is 10.0. The highest BCUT2D eigenvalue weighted by Crippen LogP contribution is 2.21. The first-order chi connectivity index (χ1) is 11.8. The summed E-state index contributed by atoms with van der Waals surface area (Å²) in [6, 6.07) is 13.4. The molecule has 0 radical (unpaired) electrons. The first-order valence-corrected chi connectivity index (χ1v) is 9.74. The molecule has 2 aromatic carbocycles. The molecule has 1 amide bonds. The van der Waals surface area contributed by atoms with Crippen LogP contribution in [0.25, 0.3) is 0 Å². The Morgan fingerprint density at radius 2 is 1.68 bits per heavy atom. The zero-order valence-electron chi connectivity index (χ0n) is 14.7. The Labute approximate surface area is 149 Å². The quantitative estimate of drug-likeness (QED) is 0.794. The first kappa shape index (κ1) is 19.0. The van der Waals surface area contributed by atoms with Crippen molar-refractivity contribution in [3.05, 3.63) is 59.7 Å². The third kappa shape index (κ3) is 5.06. The van der Waals surface area contributed by atoms with Gasteiger partial charge in [0.15, 0.2) is 0 Å². The minimum atomic E-state index is -3.76. The number of nitrogens with one attached hydrogen (secondary N) is 2. The van der Waals surface area contributed by atoms with Gasteiger partial charge in [-0.15, -0.1) is 0 Å². The van der Waals surface area contributed by atoms with E-state index in [4.69, 9.17) is 0 Å². The highest BCUT2D eigenvalue weighted by Gasteiger charge is 2.18. The van der Waals surface area contributed by atoms with E-state index in [2.05, 4.69) is 23.9 Å². The molecule has 0 saturated carbocycles. The third-order valence-corrected chi connectivity index (χ3v) is 5.27. The second-order valence-electron chi connectivity index (χ2n) is 6.31. The summed E-state index contributed by atoms with van der Waals surface area (Å²) in [5.41, 5.74) is 1.64. The van der Waals surface area contributed by atoms with Crippen molar-refractivity contribution in [3.63, 3.8) is 0 Å². The molecule has 2 aromatic rings. The van der Waals surface area contributed by atoms with Crippen molar-refractivity contribution in [3.8, 4) is 0 Å². The van der Waals surface area contributed by atoms with Gasteiger partial charge in [0.2, 0.25) is 0 Å². The smallest absolute Gasteiger partial charge is 0.261 e. The normalized spacial score (nSPS) is 11.4. The molecular weight excluding hydrogens is 336 g/mol. The SMILES string of the molecule is CNC(=O)c1ccccc1NS(=O)(=O)c1ccc(CCC(C)C)cc1. The molecule has 25 heavy (non-hydrogen) atoms. The molecule has 0 saturated heterocycles. The van der Waals surface area contributed by atoms with Crippen molar-refractivity contribution in [1.82, 2.24) is 5.32 Å². The van der Waals surface area contributed by atoms with E-state index < -0.39 is 10.0 Å². The van der Waals surface area contributed by atoms with Crippen LogP contribution in [0.3, 0.4) is 0 Å². The van der Waals surface area contributed by atoms with Gasteiger partial charge in [0.1, 0.15) is 0 Å². The number of amides is 1. The predicted molar refractivity (Wildman–Crippen MR) is 100 cm³/mol. The maximum atomic E-state index is 12.6. The van der Waals surface area contributed by atoms with Gasteiger partial charge in [-0.3, -0.25) is 9.52 Å². The standard InChI is InChI=1S/C19H24N2O3S/c1-14(2)8-9-15-10-12-16(13-11-15)25(23,24)21-18-7-5-4-6-17(18)19(22)20-3/h4-7,10-14,21H,8-9H2,1-3H3,(H,20,22). The summed E-state index contributed by atoms with van der Waals surface area (Å²) in [5, 5.41) is 2.50. The van der Waals surface area contributed by atoms with Gasteiger partial charge >= 0.3 is 0 Å². The summed E-state index contributed by atoms with van der Waals surface area (Å²) in [7, 11) is -2.25. The van der Waals surface area contributed by atoms with Crippen LogP contribution in [0, 0.1) is 5.92 Å². The van der Waals surface area contributed by atoms with Gasteiger partial charge in [0.25, 0.3) is 15.9 Å². The van der Waals surface area contributed by atoms with E-state index in [1.165, 1.54) is 7.05 Å². The number of aryl methyl sites for hydroxylation is 1. The van der Waals surface area contributed by atoms with E-state index in [0.717, 1.165) is 18.4 Å². The van der Waals surface area contributed by atoms with Gasteiger partial charge in [-0.1, -0.05) is 38.1 Å². The fourth-order valence-electron chi connectivity index (χ4n) is 2.40. The molecule has 0 bridgehead atoms. The highest BCUT2D eigenvalue weighted by molar-refractivity contribution is 7.92. The number of hydrogen-bond acceptors (Lipinski definition) is 3. The summed E-state index contributed by atoms with van der Waals surface area (Å²) < 4.78 is 27.7. The number of anilines is 1. The van der Waals surface area contributed by atoms with Crippen LogP contribution in [-0.2, 0) is 16.4 Å². The molecule has 0 heterocycles. The Morgan fingerprint density at radius 1 is 1.04 bits per heavy atom. The van der Waals surface area contributed by atoms with Crippen molar-refractivity contribution in [2.75, 3.05) is 11.8 Å². The molecular formula is C19H24N2O3S. The number of carbonyl (C=O) groups is 1. The average Bonchev–Trinajstić information content (AvgIpc) is 2.60. The molecule has 0 fully saturated rings. The molecule has 0 atom stereocenters. The van der Waals surface area contributed by atoms with E-state index >= 15 is 0 Å². The topological polar surface area (TPSA) is 75.3 Å². The fraction of sp³-hybridized carbons (Fsp3) is 0.316. The number of rotatable bonds is 7. The van der Waals surface area contributed by atoms with Crippen LogP contribution in [0.5, 0.6) is 0 Å². The summed E-state index contributed by atoms with van der Waals surface area (Å²) in [6.45, 7) is 4.32. The number of sulfonamides is 1. The van der Waals surface area contributed by atoms with Crippen molar-refractivity contribution >= 4 is 21.6 Å². The van der Waals surface area contributed by atoms with E-state index in [1.54, 1.807) is 36.4 Å². The van der Waals surface area contributed by atoms with Crippen LogP contribution in [0.1, 0.15) is 36.2 Å². The Hall–Kier alpha value is -2.34. The van der Waals surface area contributed by atoms with E-state index in [0.29, 0.717) is 5.92 Å². The predicted octanol–water partition coefficient (Wildman–Crippen LogP) is 3.44. The monoisotopic (exact) mass is 360 g/mol. The largest absolute Gasteiger partial charge is 0.355 e. The highest BCUT2D eigenvalue weighted by atomic mass is 32.2. The lowest BCUT2D eigenvalue weighted by molar-refractivity contribution is 0.0964. The summed E-state index contributed by atoms with van der Waals surface area (Å²) in [5.74, 6) is 0.258. The Bertz CT molecular complexity index is 828. The van der Waals surface area contributed by atoms with Crippen molar-refractivity contribution < 1.29 is 13.2 Å². The molecule has 2 rings (SSSR count). The minimum Gasteiger partial charge on any atom is -0.355 e. The summed E-state index contributed by atoms with van der Waals surface area (Å²) in [6.07, 6.45) is 1.98. The number of hydrogen-bond donors (Lipinski definition) is 2. The maximum Gasteiger partial charge on any atom is 0.261 e. The molecule has 5 nitrogen and oxygen atoms in total. The Balaban J connectivity index is 2.21. The van der Waals surface area contributed by atoms with Gasteiger partial charge in [-0.25, -0.2) is 8.42 Å². The number of benzene rings is 2. The van der Waals surface area contributed by atoms with E-state index in [9.17, 15) is 13.2 Å². The molecule has 0 spiro atoms. The Morgan fingerprint density at radius 3 is 2.28 bits per heavy atom. The molecule has 2 N–H and O–H groups in total. The van der Waals surface area contributed by atoms with Crippen molar-refractivity contribution in [1.29, 1.82) is 0 Å². The number of carbonyl (C=O) groups excluding carboxylic acids is 1. The van der Waals surface area contributed by atoms with Crippen LogP contribution in [0.4, 0.5) is 5.69 Å². The Kier molecular flexibility index (Phi) is 6.20. The maximum absolute atomic E-state index is 12.6. The zero-order chi connectivity index (χ0) is 18.4. The van der Waals surface area contributed by atoms with Crippen LogP contribution in [0.2, 0.25) is 0 Å². The molecule has 0 aliphatic rings. The van der Waals surface area contributed by atoms with E-state index in [1.807, 2.05) is 12.1 Å². The first-order valence-electron chi connectivity index (χ1n) is 8.26. The zero-order valence-corrected chi connectivity index (χ0v) is 15.6. The van der Waals surface area contributed by atoms with Crippen LogP contribution in [-0.4, -0.2) is 21.4 Å². The van der Waals surface area contributed by atoms with Gasteiger partial charge in [0.05, 0.1) is 16.1 Å². The summed E-state index contributed by atoms with van der Waals surface area (Å²) >= 11 is 0. The van der Waals surface area contributed by atoms with Gasteiger partial charge in [0, 0.05) is 7.05 Å². The van der Waals surface area contributed by atoms with E-state index in [-0.39, 0.29) is 22.1 Å². The fourth-order valence-corrected chi connectivity index (χ4v) is 3.48. The third-order valence-electron chi connectivity index (χ3n) is 3.89. The number of para-hydroxylation sites is 1. The molecule has 0 aliphatic carbocycles. The molecule has 6 heteroatoms. The lowest BCUT2D eigenvalue weighted by Crippen LogP contribution is -2.21. The van der Waals surface area contributed by atoms with Gasteiger partial charge < -0.3 is 5.32 Å². The average molecular weight is 360 g/mol. The molecule has 0 aromatic heterocycles. The van der Waals surface area contributed by atoms with Crippen LogP contribution in [0.15, 0.2) is 53.4 Å². The van der Waals surface area contributed by atoms with Crippen molar-refractivity contribution in [2.24, 2.45) is 5.92 Å².